The van der Waals surface area contributed by atoms with Gasteiger partial charge in [0.05, 0.1) is 13.2 Å². The summed E-state index contributed by atoms with van der Waals surface area (Å²) >= 11 is 0. The third-order valence-corrected chi connectivity index (χ3v) is 6.13. The quantitative estimate of drug-likeness (QED) is 0.676. The minimum absolute atomic E-state index is 0.0238. The van der Waals surface area contributed by atoms with Crippen LogP contribution in [0.3, 0.4) is 0 Å². The van der Waals surface area contributed by atoms with E-state index in [-0.39, 0.29) is 12.1 Å². The summed E-state index contributed by atoms with van der Waals surface area (Å²) in [6, 6.07) is 8.09. The lowest BCUT2D eigenvalue weighted by Gasteiger charge is -2.27. The molecule has 2 amide bonds. The zero-order chi connectivity index (χ0) is 21.8. The Morgan fingerprint density at radius 2 is 2.16 bits per heavy atom. The fourth-order valence-electron chi connectivity index (χ4n) is 4.41. The highest BCUT2D eigenvalue weighted by Crippen LogP contribution is 2.28. The van der Waals surface area contributed by atoms with E-state index in [0.717, 1.165) is 61.4 Å². The number of carbonyl (C=O) groups is 1. The first-order valence-electron chi connectivity index (χ1n) is 11.1. The third kappa shape index (κ3) is 4.74. The molecule has 1 saturated heterocycles. The highest BCUT2D eigenvalue weighted by Gasteiger charge is 2.33. The molecule has 1 unspecified atom stereocenters. The van der Waals surface area contributed by atoms with E-state index in [1.54, 1.807) is 13.3 Å². The van der Waals surface area contributed by atoms with Crippen molar-refractivity contribution in [3.8, 4) is 5.88 Å². The normalized spacial score (nSPS) is 19.2. The van der Waals surface area contributed by atoms with E-state index in [4.69, 9.17) is 4.74 Å². The number of aliphatic hydroxyl groups is 1. The molecule has 2 aromatic rings. The predicted octanol–water partition coefficient (Wildman–Crippen LogP) is 2.98. The standard InChI is InChI=1S/C23H31N5O3/c1-3-19(17-8-11-21(31-2)24-15-17)28-14-13-27(23(28)30)12-4-5-18-9-6-16-7-10-20(29)26-22(16)25-18/h6,8-9,11,15,19-20,29H,3-5,7,10,12-14H2,1-2H3,(H,25,26)/t19-,20?/m0/s1. The molecule has 4 rings (SSSR count). The number of aromatic nitrogens is 2. The van der Waals surface area contributed by atoms with Gasteiger partial charge >= 0.3 is 6.03 Å². The van der Waals surface area contributed by atoms with Gasteiger partial charge in [0.1, 0.15) is 12.0 Å². The van der Waals surface area contributed by atoms with Crippen molar-refractivity contribution < 1.29 is 14.6 Å². The smallest absolute Gasteiger partial charge is 0.320 e. The molecule has 1 fully saturated rings. The van der Waals surface area contributed by atoms with Crippen LogP contribution in [0.15, 0.2) is 30.5 Å². The summed E-state index contributed by atoms with van der Waals surface area (Å²) in [6.07, 6.45) is 5.34. The molecule has 166 valence electrons. The molecule has 31 heavy (non-hydrogen) atoms. The lowest BCUT2D eigenvalue weighted by atomic mass is 10.0. The molecule has 0 bridgehead atoms. The van der Waals surface area contributed by atoms with Crippen molar-refractivity contribution in [2.75, 3.05) is 32.1 Å². The fourth-order valence-corrected chi connectivity index (χ4v) is 4.41. The van der Waals surface area contributed by atoms with E-state index in [1.807, 2.05) is 21.9 Å². The monoisotopic (exact) mass is 425 g/mol. The number of pyridine rings is 2. The second-order valence-electron chi connectivity index (χ2n) is 8.13. The molecule has 8 heteroatoms. The summed E-state index contributed by atoms with van der Waals surface area (Å²) in [5.41, 5.74) is 3.17. The number of aryl methyl sites for hydroxylation is 2. The average Bonchev–Trinajstić information content (AvgIpc) is 3.15. The van der Waals surface area contributed by atoms with Crippen LogP contribution in [0.1, 0.15) is 49.0 Å². The number of methoxy groups -OCH3 is 1. The summed E-state index contributed by atoms with van der Waals surface area (Å²) in [5, 5.41) is 12.8. The Labute approximate surface area is 183 Å². The Balaban J connectivity index is 1.32. The van der Waals surface area contributed by atoms with Gasteiger partial charge in [0.15, 0.2) is 0 Å². The number of amides is 2. The number of carbonyl (C=O) groups excluding carboxylic acids is 1. The SMILES string of the molecule is CC[C@@H](c1ccc(OC)nc1)N1CCN(CCCc2ccc3c(n2)NC(O)CC3)C1=O. The van der Waals surface area contributed by atoms with Crippen LogP contribution in [-0.2, 0) is 12.8 Å². The molecule has 0 saturated carbocycles. The van der Waals surface area contributed by atoms with Crippen LogP contribution in [0.2, 0.25) is 0 Å². The number of rotatable bonds is 8. The number of nitrogens with one attached hydrogen (secondary N) is 1. The van der Waals surface area contributed by atoms with Gasteiger partial charge in [-0.25, -0.2) is 14.8 Å². The van der Waals surface area contributed by atoms with Crippen LogP contribution in [0.25, 0.3) is 0 Å². The molecule has 8 nitrogen and oxygen atoms in total. The summed E-state index contributed by atoms with van der Waals surface area (Å²) in [5.74, 6) is 1.37. The number of ether oxygens (including phenoxy) is 1. The maximum Gasteiger partial charge on any atom is 0.320 e. The lowest BCUT2D eigenvalue weighted by molar-refractivity contribution is 0.175. The van der Waals surface area contributed by atoms with Crippen molar-refractivity contribution in [3.63, 3.8) is 0 Å². The molecule has 2 N–H and O–H groups in total. The zero-order valence-electron chi connectivity index (χ0n) is 18.3. The molecular weight excluding hydrogens is 394 g/mol. The van der Waals surface area contributed by atoms with Gasteiger partial charge in [-0.1, -0.05) is 19.1 Å². The van der Waals surface area contributed by atoms with E-state index in [2.05, 4.69) is 34.3 Å². The van der Waals surface area contributed by atoms with Crippen molar-refractivity contribution >= 4 is 11.8 Å². The van der Waals surface area contributed by atoms with Gasteiger partial charge < -0.3 is 25.0 Å². The van der Waals surface area contributed by atoms with Crippen molar-refractivity contribution in [1.82, 2.24) is 19.8 Å². The number of nitrogens with zero attached hydrogens (tertiary/aromatic N) is 4. The molecule has 4 heterocycles. The number of anilines is 1. The summed E-state index contributed by atoms with van der Waals surface area (Å²) in [7, 11) is 1.60. The second-order valence-corrected chi connectivity index (χ2v) is 8.13. The Kier molecular flexibility index (Phi) is 6.56. The second kappa shape index (κ2) is 9.51. The van der Waals surface area contributed by atoms with Gasteiger partial charge in [0.25, 0.3) is 0 Å². The molecule has 2 aliphatic heterocycles. The number of hydrogen-bond donors (Lipinski definition) is 2. The topological polar surface area (TPSA) is 90.8 Å². The zero-order valence-corrected chi connectivity index (χ0v) is 18.3. The van der Waals surface area contributed by atoms with Gasteiger partial charge in [-0.15, -0.1) is 0 Å². The van der Waals surface area contributed by atoms with Gasteiger partial charge in [-0.05, 0) is 49.3 Å². The molecular formula is C23H31N5O3. The molecule has 0 radical (unpaired) electrons. The highest BCUT2D eigenvalue weighted by molar-refractivity contribution is 5.77. The van der Waals surface area contributed by atoms with E-state index in [0.29, 0.717) is 18.8 Å². The Morgan fingerprint density at radius 1 is 1.29 bits per heavy atom. The van der Waals surface area contributed by atoms with Crippen molar-refractivity contribution in [1.29, 1.82) is 0 Å². The molecule has 2 aliphatic rings. The van der Waals surface area contributed by atoms with Crippen LogP contribution < -0.4 is 10.1 Å². The van der Waals surface area contributed by atoms with Crippen LogP contribution >= 0.6 is 0 Å². The molecule has 0 aromatic carbocycles. The first kappa shape index (κ1) is 21.4. The van der Waals surface area contributed by atoms with E-state index < -0.39 is 6.23 Å². The van der Waals surface area contributed by atoms with Gasteiger partial charge in [-0.3, -0.25) is 0 Å². The summed E-state index contributed by atoms with van der Waals surface area (Å²) in [4.78, 5) is 25.9. The van der Waals surface area contributed by atoms with Gasteiger partial charge in [-0.2, -0.15) is 0 Å². The van der Waals surface area contributed by atoms with Crippen LogP contribution in [0.4, 0.5) is 10.6 Å². The van der Waals surface area contributed by atoms with E-state index in [9.17, 15) is 9.90 Å². The first-order chi connectivity index (χ1) is 15.1. The lowest BCUT2D eigenvalue weighted by Crippen LogP contribution is -2.35. The van der Waals surface area contributed by atoms with Gasteiger partial charge in [0.2, 0.25) is 5.88 Å². The van der Waals surface area contributed by atoms with Crippen molar-refractivity contribution in [2.24, 2.45) is 0 Å². The Bertz CT molecular complexity index is 905. The third-order valence-electron chi connectivity index (χ3n) is 6.13. The van der Waals surface area contributed by atoms with Gasteiger partial charge in [0, 0.05) is 37.6 Å². The number of fused-ring (bicyclic) bond motifs is 1. The fraction of sp³-hybridized carbons (Fsp3) is 0.522. The number of hydrogen-bond acceptors (Lipinski definition) is 6. The molecule has 2 aromatic heterocycles. The first-order valence-corrected chi connectivity index (χ1v) is 11.1. The maximum atomic E-state index is 13.0. The van der Waals surface area contributed by atoms with Crippen LogP contribution in [-0.4, -0.2) is 63.9 Å². The molecule has 0 aliphatic carbocycles. The molecule has 2 atom stereocenters. The van der Waals surface area contributed by atoms with Crippen LogP contribution in [0.5, 0.6) is 5.88 Å². The Hall–Kier alpha value is -2.87. The largest absolute Gasteiger partial charge is 0.481 e. The minimum Gasteiger partial charge on any atom is -0.481 e. The Morgan fingerprint density at radius 3 is 2.90 bits per heavy atom. The van der Waals surface area contributed by atoms with Crippen molar-refractivity contribution in [2.45, 2.75) is 51.3 Å². The summed E-state index contributed by atoms with van der Waals surface area (Å²) in [6.45, 7) is 4.27. The predicted molar refractivity (Wildman–Crippen MR) is 118 cm³/mol. The number of aliphatic hydroxyl groups excluding tert-OH is 1. The van der Waals surface area contributed by atoms with Crippen molar-refractivity contribution in [3.05, 3.63) is 47.3 Å². The van der Waals surface area contributed by atoms with E-state index >= 15 is 0 Å². The average molecular weight is 426 g/mol. The van der Waals surface area contributed by atoms with Crippen LogP contribution in [0, 0.1) is 0 Å². The highest BCUT2D eigenvalue weighted by atomic mass is 16.5. The summed E-state index contributed by atoms with van der Waals surface area (Å²) < 4.78 is 5.14. The maximum absolute atomic E-state index is 13.0. The number of urea groups is 1. The van der Waals surface area contributed by atoms with E-state index in [1.165, 1.54) is 0 Å². The molecule has 0 spiro atoms. The minimum atomic E-state index is -0.518.